The van der Waals surface area contributed by atoms with Crippen molar-refractivity contribution in [3.05, 3.63) is 83.8 Å². The minimum absolute atomic E-state index is 0.126. The molecule has 0 saturated heterocycles. The van der Waals surface area contributed by atoms with Gasteiger partial charge in [-0.15, -0.1) is 0 Å². The lowest BCUT2D eigenvalue weighted by atomic mass is 10.1. The first-order valence-electron chi connectivity index (χ1n) is 10.1. The molecule has 0 aliphatic carbocycles. The lowest BCUT2D eigenvalue weighted by molar-refractivity contribution is -0.106. The molecule has 0 aliphatic heterocycles. The van der Waals surface area contributed by atoms with Crippen LogP contribution < -0.4 is 16.4 Å². The minimum Gasteiger partial charge on any atom is -0.372 e. The lowest BCUT2D eigenvalue weighted by Gasteiger charge is -2.15. The molecule has 8 heteroatoms. The third-order valence-electron chi connectivity index (χ3n) is 5.01. The van der Waals surface area contributed by atoms with Crippen molar-refractivity contribution in [2.45, 2.75) is 26.8 Å². The molecule has 1 unspecified atom stereocenters. The van der Waals surface area contributed by atoms with Crippen molar-refractivity contribution in [2.75, 3.05) is 5.32 Å². The van der Waals surface area contributed by atoms with Gasteiger partial charge >= 0.3 is 6.03 Å². The Kier molecular flexibility index (Phi) is 7.17. The van der Waals surface area contributed by atoms with Crippen molar-refractivity contribution in [2.24, 2.45) is 5.73 Å². The number of amides is 3. The molecular weight excluding hydrogens is 404 g/mol. The maximum absolute atomic E-state index is 12.5. The third-order valence-corrected chi connectivity index (χ3v) is 5.01. The monoisotopic (exact) mass is 430 g/mol. The average molecular weight is 431 g/mol. The van der Waals surface area contributed by atoms with Crippen LogP contribution in [-0.4, -0.2) is 27.0 Å². The number of benzene rings is 1. The normalized spacial score (nSPS) is 11.2. The summed E-state index contributed by atoms with van der Waals surface area (Å²) in [5.74, 6) is 0. The van der Waals surface area contributed by atoms with Gasteiger partial charge in [0, 0.05) is 23.5 Å². The maximum atomic E-state index is 12.5. The standard InChI is InChI=1S/C23H23N5O.CH3NO/c1-15-13-20(26-23(29)25-17(3)18-9-11-24-12-10-18)14-28-22(15)16(2)21(27-28)19-7-5-4-6-8-19;2-1-3/h4-14,17H,1-3H3,(H2,25,26,29);1H,(H2,2,3). The zero-order valence-electron chi connectivity index (χ0n) is 18.2. The molecule has 0 aliphatic rings. The lowest BCUT2D eigenvalue weighted by Crippen LogP contribution is -2.31. The number of anilines is 1. The fourth-order valence-corrected chi connectivity index (χ4v) is 3.60. The fourth-order valence-electron chi connectivity index (χ4n) is 3.60. The molecule has 8 nitrogen and oxygen atoms in total. The van der Waals surface area contributed by atoms with Crippen LogP contribution in [0.2, 0.25) is 0 Å². The van der Waals surface area contributed by atoms with E-state index in [1.165, 1.54) is 0 Å². The molecule has 4 rings (SSSR count). The Bertz CT molecular complexity index is 1210. The van der Waals surface area contributed by atoms with E-state index < -0.39 is 0 Å². The van der Waals surface area contributed by atoms with Crippen molar-refractivity contribution < 1.29 is 9.59 Å². The topological polar surface area (TPSA) is 114 Å². The maximum Gasteiger partial charge on any atom is 0.319 e. The molecule has 1 atom stereocenters. The highest BCUT2D eigenvalue weighted by atomic mass is 16.2. The number of aryl methyl sites for hydroxylation is 2. The number of rotatable bonds is 4. The highest BCUT2D eigenvalue weighted by molar-refractivity contribution is 5.90. The molecule has 164 valence electrons. The second-order valence-corrected chi connectivity index (χ2v) is 7.28. The molecule has 0 fully saturated rings. The Morgan fingerprint density at radius 2 is 1.78 bits per heavy atom. The summed E-state index contributed by atoms with van der Waals surface area (Å²) >= 11 is 0. The van der Waals surface area contributed by atoms with Gasteiger partial charge in [0.1, 0.15) is 0 Å². The second-order valence-electron chi connectivity index (χ2n) is 7.28. The first-order chi connectivity index (χ1) is 15.4. The number of hydrogen-bond acceptors (Lipinski definition) is 4. The molecular formula is C24H26N6O2. The molecule has 4 aromatic rings. The Morgan fingerprint density at radius 1 is 1.12 bits per heavy atom. The largest absolute Gasteiger partial charge is 0.372 e. The highest BCUT2D eigenvalue weighted by Crippen LogP contribution is 2.28. The van der Waals surface area contributed by atoms with E-state index in [0.717, 1.165) is 33.5 Å². The van der Waals surface area contributed by atoms with Gasteiger partial charge in [0.15, 0.2) is 0 Å². The van der Waals surface area contributed by atoms with Gasteiger partial charge in [-0.1, -0.05) is 30.3 Å². The average Bonchev–Trinajstić information content (AvgIpc) is 3.12. The summed E-state index contributed by atoms with van der Waals surface area (Å²) in [6, 6.07) is 15.5. The number of pyridine rings is 2. The number of nitrogens with two attached hydrogens (primary N) is 1. The Morgan fingerprint density at radius 3 is 2.44 bits per heavy atom. The Hall–Kier alpha value is -4.20. The van der Waals surface area contributed by atoms with E-state index in [0.29, 0.717) is 5.69 Å². The molecule has 0 radical (unpaired) electrons. The molecule has 4 N–H and O–H groups in total. The summed E-state index contributed by atoms with van der Waals surface area (Å²) in [5.41, 5.74) is 11.1. The van der Waals surface area contributed by atoms with Crippen LogP contribution in [0.3, 0.4) is 0 Å². The van der Waals surface area contributed by atoms with Gasteiger partial charge in [0.05, 0.1) is 29.1 Å². The minimum atomic E-state index is -0.264. The number of fused-ring (bicyclic) bond motifs is 1. The molecule has 1 aromatic carbocycles. The van der Waals surface area contributed by atoms with E-state index >= 15 is 0 Å². The van der Waals surface area contributed by atoms with Crippen molar-refractivity contribution >= 4 is 23.6 Å². The molecule has 3 aromatic heterocycles. The zero-order chi connectivity index (χ0) is 23.1. The number of carbonyl (C=O) groups excluding carboxylic acids is 2. The summed E-state index contributed by atoms with van der Waals surface area (Å²) in [6.45, 7) is 6.04. The van der Waals surface area contributed by atoms with E-state index in [9.17, 15) is 4.79 Å². The Labute approximate surface area is 186 Å². The summed E-state index contributed by atoms with van der Waals surface area (Å²) in [7, 11) is 0. The molecule has 3 amide bonds. The molecule has 3 heterocycles. The molecule has 0 saturated carbocycles. The van der Waals surface area contributed by atoms with E-state index in [1.807, 2.05) is 61.0 Å². The number of nitrogens with zero attached hydrogens (tertiary/aromatic N) is 3. The number of urea groups is 1. The zero-order valence-corrected chi connectivity index (χ0v) is 18.2. The first kappa shape index (κ1) is 22.5. The van der Waals surface area contributed by atoms with Gasteiger partial charge in [-0.2, -0.15) is 5.10 Å². The number of nitrogens with one attached hydrogen (secondary N) is 2. The van der Waals surface area contributed by atoms with Gasteiger partial charge in [-0.3, -0.25) is 9.78 Å². The van der Waals surface area contributed by atoms with Crippen LogP contribution in [0.1, 0.15) is 29.7 Å². The van der Waals surface area contributed by atoms with Crippen molar-refractivity contribution in [1.29, 1.82) is 0 Å². The van der Waals surface area contributed by atoms with Crippen LogP contribution in [0.4, 0.5) is 10.5 Å². The van der Waals surface area contributed by atoms with Crippen LogP contribution in [0.25, 0.3) is 16.8 Å². The number of carbonyl (C=O) groups is 2. The van der Waals surface area contributed by atoms with E-state index in [-0.39, 0.29) is 18.5 Å². The first-order valence-corrected chi connectivity index (χ1v) is 10.1. The smallest absolute Gasteiger partial charge is 0.319 e. The second kappa shape index (κ2) is 10.2. The number of primary amides is 1. The number of hydrogen-bond donors (Lipinski definition) is 3. The van der Waals surface area contributed by atoms with Gasteiger partial charge in [-0.05, 0) is 50.1 Å². The molecule has 0 spiro atoms. The van der Waals surface area contributed by atoms with Gasteiger partial charge in [0.2, 0.25) is 6.41 Å². The molecule has 0 bridgehead atoms. The summed E-state index contributed by atoms with van der Waals surface area (Å²) in [6.07, 6.45) is 5.53. The van der Waals surface area contributed by atoms with Crippen LogP contribution >= 0.6 is 0 Å². The van der Waals surface area contributed by atoms with E-state index in [4.69, 9.17) is 9.89 Å². The van der Waals surface area contributed by atoms with Crippen LogP contribution in [-0.2, 0) is 4.79 Å². The van der Waals surface area contributed by atoms with Crippen LogP contribution in [0.15, 0.2) is 67.1 Å². The summed E-state index contributed by atoms with van der Waals surface area (Å²) in [4.78, 5) is 25.1. The van der Waals surface area contributed by atoms with Gasteiger partial charge in [-0.25, -0.2) is 9.31 Å². The van der Waals surface area contributed by atoms with Gasteiger partial charge in [0.25, 0.3) is 0 Å². The predicted molar refractivity (Wildman–Crippen MR) is 125 cm³/mol. The summed E-state index contributed by atoms with van der Waals surface area (Å²) in [5, 5.41) is 10.6. The van der Waals surface area contributed by atoms with E-state index in [1.54, 1.807) is 12.4 Å². The Balaban J connectivity index is 0.000000913. The SMILES string of the molecule is Cc1cc(NC(=O)NC(C)c2ccncc2)cn2nc(-c3ccccc3)c(C)c12.NC=O. The van der Waals surface area contributed by atoms with Crippen molar-refractivity contribution in [3.8, 4) is 11.3 Å². The fraction of sp³-hybridized carbons (Fsp3) is 0.167. The summed E-state index contributed by atoms with van der Waals surface area (Å²) < 4.78 is 1.84. The third kappa shape index (κ3) is 5.10. The van der Waals surface area contributed by atoms with Gasteiger partial charge < -0.3 is 16.4 Å². The van der Waals surface area contributed by atoms with Crippen LogP contribution in [0, 0.1) is 13.8 Å². The van der Waals surface area contributed by atoms with Crippen molar-refractivity contribution in [3.63, 3.8) is 0 Å². The van der Waals surface area contributed by atoms with E-state index in [2.05, 4.69) is 40.4 Å². The molecule has 32 heavy (non-hydrogen) atoms. The quantitative estimate of drug-likeness (QED) is 0.425. The highest BCUT2D eigenvalue weighted by Gasteiger charge is 2.15. The number of aromatic nitrogens is 3. The van der Waals surface area contributed by atoms with Crippen molar-refractivity contribution in [1.82, 2.24) is 19.9 Å². The van der Waals surface area contributed by atoms with Crippen LogP contribution in [0.5, 0.6) is 0 Å². The predicted octanol–water partition coefficient (Wildman–Crippen LogP) is 4.00.